The number of hydrogen-bond donors (Lipinski definition) is 1. The van der Waals surface area contributed by atoms with Crippen molar-refractivity contribution in [2.45, 2.75) is 44.3 Å². The van der Waals surface area contributed by atoms with Crippen LogP contribution < -0.4 is 5.32 Å². The van der Waals surface area contributed by atoms with Crippen LogP contribution in [0.1, 0.15) is 37.8 Å². The van der Waals surface area contributed by atoms with E-state index in [-0.39, 0.29) is 0 Å². The van der Waals surface area contributed by atoms with E-state index in [1.54, 1.807) is 11.3 Å². The Hall–Kier alpha value is -0.380. The maximum Gasteiger partial charge on any atom is 0.0328 e. The minimum atomic E-state index is 0.595. The molecule has 3 heteroatoms. The van der Waals surface area contributed by atoms with Crippen molar-refractivity contribution < 1.29 is 0 Å². The van der Waals surface area contributed by atoms with Gasteiger partial charge in [0, 0.05) is 31.2 Å². The molecule has 0 spiro atoms. The Labute approximate surface area is 102 Å². The zero-order chi connectivity index (χ0) is 11.0. The molecule has 1 aliphatic carbocycles. The number of likely N-dealkylation sites (tertiary alicyclic amines) is 1. The summed E-state index contributed by atoms with van der Waals surface area (Å²) in [6.45, 7) is 4.82. The molecule has 1 aromatic heterocycles. The molecule has 2 heterocycles. The molecule has 0 radical (unpaired) electrons. The molecule has 2 fully saturated rings. The molecule has 16 heavy (non-hydrogen) atoms. The lowest BCUT2D eigenvalue weighted by Crippen LogP contribution is -2.34. The molecule has 1 N–H and O–H groups in total. The summed E-state index contributed by atoms with van der Waals surface area (Å²) in [5.74, 6) is 0. The molecule has 2 nitrogen and oxygen atoms in total. The van der Waals surface area contributed by atoms with Crippen molar-refractivity contribution >= 4 is 11.3 Å². The highest BCUT2D eigenvalue weighted by Gasteiger charge is 2.31. The number of rotatable bonds is 4. The fourth-order valence-corrected chi connectivity index (χ4v) is 3.33. The highest BCUT2D eigenvalue weighted by atomic mass is 32.1. The summed E-state index contributed by atoms with van der Waals surface area (Å²) in [5.41, 5.74) is 1.48. The minimum Gasteiger partial charge on any atom is -0.310 e. The Balaban J connectivity index is 1.56. The molecule has 3 rings (SSSR count). The van der Waals surface area contributed by atoms with Crippen LogP contribution in [0.25, 0.3) is 0 Å². The third-order valence-electron chi connectivity index (χ3n) is 3.84. The van der Waals surface area contributed by atoms with E-state index in [4.69, 9.17) is 0 Å². The second kappa shape index (κ2) is 4.47. The van der Waals surface area contributed by atoms with Gasteiger partial charge in [-0.2, -0.15) is 11.3 Å². The van der Waals surface area contributed by atoms with Crippen LogP contribution in [-0.4, -0.2) is 30.1 Å². The molecule has 1 saturated heterocycles. The summed E-state index contributed by atoms with van der Waals surface area (Å²) in [6, 6.07) is 4.45. The van der Waals surface area contributed by atoms with Gasteiger partial charge in [-0.05, 0) is 48.6 Å². The normalized spacial score (nSPS) is 28.4. The monoisotopic (exact) mass is 236 g/mol. The van der Waals surface area contributed by atoms with Gasteiger partial charge in [0.15, 0.2) is 0 Å². The first kappa shape index (κ1) is 10.8. The van der Waals surface area contributed by atoms with E-state index < -0.39 is 0 Å². The van der Waals surface area contributed by atoms with Crippen LogP contribution in [0.4, 0.5) is 0 Å². The van der Waals surface area contributed by atoms with Gasteiger partial charge in [0.25, 0.3) is 0 Å². The molecule has 2 aliphatic rings. The number of nitrogens with one attached hydrogen (secondary N) is 1. The summed E-state index contributed by atoms with van der Waals surface area (Å²) in [6.07, 6.45) is 4.12. The lowest BCUT2D eigenvalue weighted by atomic mass is 10.1. The van der Waals surface area contributed by atoms with Crippen LogP contribution in [0.15, 0.2) is 16.8 Å². The smallest absolute Gasteiger partial charge is 0.0328 e. The van der Waals surface area contributed by atoms with Crippen molar-refractivity contribution in [3.8, 4) is 0 Å². The summed E-state index contributed by atoms with van der Waals surface area (Å²) in [5, 5.41) is 8.21. The Morgan fingerprint density at radius 2 is 2.25 bits per heavy atom. The highest BCUT2D eigenvalue weighted by molar-refractivity contribution is 7.07. The van der Waals surface area contributed by atoms with Gasteiger partial charge >= 0.3 is 0 Å². The van der Waals surface area contributed by atoms with Crippen LogP contribution in [0.2, 0.25) is 0 Å². The Morgan fingerprint density at radius 3 is 2.94 bits per heavy atom. The first-order chi connectivity index (χ1) is 7.83. The third kappa shape index (κ3) is 2.31. The fraction of sp³-hybridized carbons (Fsp3) is 0.692. The van der Waals surface area contributed by atoms with Gasteiger partial charge in [-0.25, -0.2) is 0 Å². The average molecular weight is 236 g/mol. The second-order valence-corrected chi connectivity index (χ2v) is 5.93. The molecule has 0 amide bonds. The molecule has 0 aromatic carbocycles. The minimum absolute atomic E-state index is 0.595. The van der Waals surface area contributed by atoms with Gasteiger partial charge in [-0.1, -0.05) is 0 Å². The maximum absolute atomic E-state index is 3.74. The topological polar surface area (TPSA) is 15.3 Å². The van der Waals surface area contributed by atoms with Crippen molar-refractivity contribution in [3.05, 3.63) is 22.4 Å². The van der Waals surface area contributed by atoms with Gasteiger partial charge in [0.05, 0.1) is 0 Å². The van der Waals surface area contributed by atoms with Crippen LogP contribution >= 0.6 is 11.3 Å². The molecule has 1 aliphatic heterocycles. The van der Waals surface area contributed by atoms with E-state index in [2.05, 4.69) is 34.0 Å². The van der Waals surface area contributed by atoms with Crippen molar-refractivity contribution in [1.29, 1.82) is 0 Å². The first-order valence-corrected chi connectivity index (χ1v) is 7.29. The number of nitrogens with zero attached hydrogens (tertiary/aromatic N) is 1. The van der Waals surface area contributed by atoms with Gasteiger partial charge in [0.2, 0.25) is 0 Å². The van der Waals surface area contributed by atoms with E-state index in [0.29, 0.717) is 6.04 Å². The van der Waals surface area contributed by atoms with Crippen molar-refractivity contribution in [2.24, 2.45) is 0 Å². The van der Waals surface area contributed by atoms with Gasteiger partial charge in [-0.15, -0.1) is 0 Å². The molecule has 0 bridgehead atoms. The molecule has 2 atom stereocenters. The summed E-state index contributed by atoms with van der Waals surface area (Å²) in [4.78, 5) is 2.61. The van der Waals surface area contributed by atoms with Crippen LogP contribution in [0.3, 0.4) is 0 Å². The summed E-state index contributed by atoms with van der Waals surface area (Å²) in [7, 11) is 0. The lowest BCUT2D eigenvalue weighted by molar-refractivity contribution is 0.256. The molecular formula is C13H20N2S. The quantitative estimate of drug-likeness (QED) is 0.864. The second-order valence-electron chi connectivity index (χ2n) is 5.15. The van der Waals surface area contributed by atoms with E-state index in [1.807, 2.05) is 0 Å². The standard InChI is InChI=1S/C13H20N2S/c1-10(11-5-7-16-9-11)15-6-4-13(8-15)14-12-2-3-12/h5,7,9-10,12-14H,2-4,6,8H2,1H3. The predicted octanol–water partition coefficient (Wildman–Crippen LogP) is 2.64. The zero-order valence-electron chi connectivity index (χ0n) is 9.86. The fourth-order valence-electron chi connectivity index (χ4n) is 2.58. The Bertz CT molecular complexity index is 332. The lowest BCUT2D eigenvalue weighted by Gasteiger charge is -2.23. The van der Waals surface area contributed by atoms with E-state index in [1.165, 1.54) is 37.9 Å². The summed E-state index contributed by atoms with van der Waals surface area (Å²) < 4.78 is 0. The molecule has 2 unspecified atom stereocenters. The van der Waals surface area contributed by atoms with Crippen molar-refractivity contribution in [1.82, 2.24) is 10.2 Å². The zero-order valence-corrected chi connectivity index (χ0v) is 10.7. The van der Waals surface area contributed by atoms with Gasteiger partial charge < -0.3 is 5.32 Å². The Kier molecular flexibility index (Phi) is 3.01. The average Bonchev–Trinajstić information content (AvgIpc) is 2.82. The van der Waals surface area contributed by atoms with Crippen molar-refractivity contribution in [3.63, 3.8) is 0 Å². The van der Waals surface area contributed by atoms with Gasteiger partial charge in [0.1, 0.15) is 0 Å². The van der Waals surface area contributed by atoms with E-state index >= 15 is 0 Å². The SMILES string of the molecule is CC(c1ccsc1)N1CCC(NC2CC2)C1. The number of thiophene rings is 1. The predicted molar refractivity (Wildman–Crippen MR) is 68.9 cm³/mol. The molecular weight excluding hydrogens is 216 g/mol. The Morgan fingerprint density at radius 1 is 1.38 bits per heavy atom. The van der Waals surface area contributed by atoms with Crippen LogP contribution in [0, 0.1) is 0 Å². The third-order valence-corrected chi connectivity index (χ3v) is 4.54. The molecule has 88 valence electrons. The number of hydrogen-bond acceptors (Lipinski definition) is 3. The largest absolute Gasteiger partial charge is 0.310 e. The van der Waals surface area contributed by atoms with Crippen molar-refractivity contribution in [2.75, 3.05) is 13.1 Å². The van der Waals surface area contributed by atoms with E-state index in [9.17, 15) is 0 Å². The highest BCUT2D eigenvalue weighted by Crippen LogP contribution is 2.28. The summed E-state index contributed by atoms with van der Waals surface area (Å²) >= 11 is 1.81. The maximum atomic E-state index is 3.74. The molecule has 1 aromatic rings. The first-order valence-electron chi connectivity index (χ1n) is 6.35. The molecule has 1 saturated carbocycles. The van der Waals surface area contributed by atoms with Gasteiger partial charge in [-0.3, -0.25) is 4.90 Å². The van der Waals surface area contributed by atoms with Crippen LogP contribution in [0.5, 0.6) is 0 Å². The van der Waals surface area contributed by atoms with Crippen LogP contribution in [-0.2, 0) is 0 Å². The van der Waals surface area contributed by atoms with E-state index in [0.717, 1.165) is 12.1 Å².